The van der Waals surface area contributed by atoms with Crippen LogP contribution in [-0.4, -0.2) is 63.5 Å². The molecule has 0 aromatic heterocycles. The Labute approximate surface area is 148 Å². The van der Waals surface area contributed by atoms with E-state index in [1.165, 1.54) is 38.2 Å². The first-order chi connectivity index (χ1) is 11.9. The van der Waals surface area contributed by atoms with Gasteiger partial charge in [-0.05, 0) is 57.0 Å². The Morgan fingerprint density at radius 1 is 1.20 bits per heavy atom. The molecule has 8 heteroatoms. The second-order valence-corrected chi connectivity index (χ2v) is 8.26. The number of methoxy groups -OCH3 is 1. The van der Waals surface area contributed by atoms with Crippen molar-refractivity contribution >= 4 is 15.9 Å². The SMILES string of the molecule is COc1ccc(S(N)(=O)=O)cc1C(=O)N1CCC[C@H](N2CCCC2)C1. The van der Waals surface area contributed by atoms with Crippen molar-refractivity contribution in [3.05, 3.63) is 23.8 Å². The summed E-state index contributed by atoms with van der Waals surface area (Å²) in [5.74, 6) is 0.159. The third kappa shape index (κ3) is 3.96. The molecule has 2 heterocycles. The highest BCUT2D eigenvalue weighted by molar-refractivity contribution is 7.89. The molecule has 2 saturated heterocycles. The summed E-state index contributed by atoms with van der Waals surface area (Å²) in [6.07, 6.45) is 4.48. The molecular weight excluding hydrogens is 342 g/mol. The Morgan fingerprint density at radius 2 is 1.92 bits per heavy atom. The first-order valence-electron chi connectivity index (χ1n) is 8.64. The molecule has 2 fully saturated rings. The lowest BCUT2D eigenvalue weighted by molar-refractivity contribution is 0.0604. The quantitative estimate of drug-likeness (QED) is 0.858. The van der Waals surface area contributed by atoms with Gasteiger partial charge in [0.25, 0.3) is 5.91 Å². The monoisotopic (exact) mass is 367 g/mol. The molecule has 0 unspecified atom stereocenters. The average molecular weight is 367 g/mol. The number of rotatable bonds is 4. The highest BCUT2D eigenvalue weighted by Gasteiger charge is 2.31. The Balaban J connectivity index is 1.84. The number of likely N-dealkylation sites (tertiary alicyclic amines) is 2. The molecule has 0 aliphatic carbocycles. The number of benzene rings is 1. The smallest absolute Gasteiger partial charge is 0.257 e. The number of hydrogen-bond acceptors (Lipinski definition) is 5. The molecule has 3 rings (SSSR count). The van der Waals surface area contributed by atoms with E-state index < -0.39 is 10.0 Å². The van der Waals surface area contributed by atoms with Crippen LogP contribution < -0.4 is 9.88 Å². The summed E-state index contributed by atoms with van der Waals surface area (Å²) in [6, 6.07) is 4.53. The van der Waals surface area contributed by atoms with Gasteiger partial charge in [0, 0.05) is 19.1 Å². The van der Waals surface area contributed by atoms with Crippen LogP contribution in [0.3, 0.4) is 0 Å². The minimum Gasteiger partial charge on any atom is -0.496 e. The molecule has 2 aliphatic rings. The zero-order valence-corrected chi connectivity index (χ0v) is 15.3. The second kappa shape index (κ2) is 7.31. The third-order valence-electron chi connectivity index (χ3n) is 5.07. The van der Waals surface area contributed by atoms with E-state index in [2.05, 4.69) is 4.90 Å². The van der Waals surface area contributed by atoms with E-state index in [4.69, 9.17) is 9.88 Å². The zero-order chi connectivity index (χ0) is 18.0. The minimum atomic E-state index is -3.87. The van der Waals surface area contributed by atoms with E-state index in [0.29, 0.717) is 24.9 Å². The number of carbonyl (C=O) groups excluding carboxylic acids is 1. The van der Waals surface area contributed by atoms with Crippen molar-refractivity contribution in [1.29, 1.82) is 0 Å². The lowest BCUT2D eigenvalue weighted by Crippen LogP contribution is -2.49. The highest BCUT2D eigenvalue weighted by Crippen LogP contribution is 2.26. The van der Waals surface area contributed by atoms with Gasteiger partial charge in [-0.1, -0.05) is 0 Å². The van der Waals surface area contributed by atoms with Crippen molar-refractivity contribution in [3.63, 3.8) is 0 Å². The van der Waals surface area contributed by atoms with E-state index in [1.807, 2.05) is 0 Å². The summed E-state index contributed by atoms with van der Waals surface area (Å²) in [5.41, 5.74) is 0.246. The van der Waals surface area contributed by atoms with Crippen LogP contribution in [0.2, 0.25) is 0 Å². The number of amides is 1. The lowest BCUT2D eigenvalue weighted by atomic mass is 10.0. The van der Waals surface area contributed by atoms with Crippen LogP contribution in [0.4, 0.5) is 0 Å². The van der Waals surface area contributed by atoms with Crippen LogP contribution in [0, 0.1) is 0 Å². The largest absolute Gasteiger partial charge is 0.496 e. The number of nitrogens with two attached hydrogens (primary N) is 1. The Morgan fingerprint density at radius 3 is 2.56 bits per heavy atom. The van der Waals surface area contributed by atoms with Gasteiger partial charge in [0.1, 0.15) is 5.75 Å². The second-order valence-electron chi connectivity index (χ2n) is 6.70. The number of nitrogens with zero attached hydrogens (tertiary/aromatic N) is 2. The van der Waals surface area contributed by atoms with Crippen LogP contribution in [0.1, 0.15) is 36.0 Å². The molecule has 138 valence electrons. The fourth-order valence-electron chi connectivity index (χ4n) is 3.75. The molecule has 25 heavy (non-hydrogen) atoms. The van der Waals surface area contributed by atoms with Crippen LogP contribution in [-0.2, 0) is 10.0 Å². The van der Waals surface area contributed by atoms with Crippen LogP contribution in [0.15, 0.2) is 23.1 Å². The minimum absolute atomic E-state index is 0.0789. The first-order valence-corrected chi connectivity index (χ1v) is 10.2. The number of hydrogen-bond donors (Lipinski definition) is 1. The van der Waals surface area contributed by atoms with Crippen LogP contribution in [0.5, 0.6) is 5.75 Å². The Bertz CT molecular complexity index is 744. The van der Waals surface area contributed by atoms with Crippen molar-refractivity contribution < 1.29 is 17.9 Å². The lowest BCUT2D eigenvalue weighted by Gasteiger charge is -2.37. The summed E-state index contributed by atoms with van der Waals surface area (Å²) in [4.78, 5) is 17.2. The van der Waals surface area contributed by atoms with Gasteiger partial charge in [0.05, 0.1) is 17.6 Å². The summed E-state index contributed by atoms with van der Waals surface area (Å²) in [7, 11) is -2.41. The van der Waals surface area contributed by atoms with Crippen LogP contribution in [0.25, 0.3) is 0 Å². The van der Waals surface area contributed by atoms with Crippen LogP contribution >= 0.6 is 0 Å². The Kier molecular flexibility index (Phi) is 5.31. The third-order valence-corrected chi connectivity index (χ3v) is 5.98. The van der Waals surface area contributed by atoms with Gasteiger partial charge >= 0.3 is 0 Å². The summed E-state index contributed by atoms with van der Waals surface area (Å²) >= 11 is 0. The molecule has 0 radical (unpaired) electrons. The van der Waals surface area contributed by atoms with Gasteiger partial charge in [0.15, 0.2) is 0 Å². The topological polar surface area (TPSA) is 92.9 Å². The molecule has 1 aromatic rings. The van der Waals surface area contributed by atoms with Gasteiger partial charge in [-0.15, -0.1) is 0 Å². The summed E-state index contributed by atoms with van der Waals surface area (Å²) in [5, 5.41) is 5.20. The van der Waals surface area contributed by atoms with Gasteiger partial charge in [-0.25, -0.2) is 13.6 Å². The van der Waals surface area contributed by atoms with Gasteiger partial charge in [-0.2, -0.15) is 0 Å². The van der Waals surface area contributed by atoms with Crippen molar-refractivity contribution in [2.24, 2.45) is 5.14 Å². The summed E-state index contributed by atoms with van der Waals surface area (Å²) < 4.78 is 28.5. The first kappa shape index (κ1) is 18.2. The van der Waals surface area contributed by atoms with E-state index >= 15 is 0 Å². The molecule has 1 aromatic carbocycles. The number of piperidine rings is 1. The molecule has 2 aliphatic heterocycles. The zero-order valence-electron chi connectivity index (χ0n) is 14.5. The molecule has 0 spiro atoms. The predicted octanol–water partition coefficient (Wildman–Crippen LogP) is 1.04. The van der Waals surface area contributed by atoms with Gasteiger partial charge < -0.3 is 9.64 Å². The number of sulfonamides is 1. The van der Waals surface area contributed by atoms with E-state index in [-0.39, 0.29) is 16.4 Å². The molecule has 7 nitrogen and oxygen atoms in total. The standard InChI is InChI=1S/C17H25N3O4S/c1-24-16-7-6-14(25(18,22)23)11-15(16)17(21)20-10-4-5-13(12-20)19-8-2-3-9-19/h6-7,11,13H,2-5,8-10,12H2,1H3,(H2,18,22,23)/t13-/m0/s1. The number of ether oxygens (including phenoxy) is 1. The van der Waals surface area contributed by atoms with Gasteiger partial charge in [-0.3, -0.25) is 9.69 Å². The van der Waals surface area contributed by atoms with Crippen molar-refractivity contribution in [2.45, 2.75) is 36.6 Å². The Hall–Kier alpha value is -1.64. The molecule has 0 saturated carbocycles. The summed E-state index contributed by atoms with van der Waals surface area (Å²) in [6.45, 7) is 3.53. The number of primary sulfonamides is 1. The molecular formula is C17H25N3O4S. The van der Waals surface area contributed by atoms with Crippen molar-refractivity contribution in [1.82, 2.24) is 9.80 Å². The maximum Gasteiger partial charge on any atom is 0.257 e. The number of carbonyl (C=O) groups is 1. The molecule has 0 bridgehead atoms. The molecule has 2 N–H and O–H groups in total. The normalized spacial score (nSPS) is 22.2. The highest BCUT2D eigenvalue weighted by atomic mass is 32.2. The maximum atomic E-state index is 13.0. The van der Waals surface area contributed by atoms with E-state index in [9.17, 15) is 13.2 Å². The fourth-order valence-corrected chi connectivity index (χ4v) is 4.29. The van der Waals surface area contributed by atoms with E-state index in [1.54, 1.807) is 4.90 Å². The van der Waals surface area contributed by atoms with Crippen molar-refractivity contribution in [3.8, 4) is 5.75 Å². The predicted molar refractivity (Wildman–Crippen MR) is 94.1 cm³/mol. The molecule has 1 amide bonds. The van der Waals surface area contributed by atoms with Crippen molar-refractivity contribution in [2.75, 3.05) is 33.3 Å². The average Bonchev–Trinajstić information content (AvgIpc) is 3.14. The maximum absolute atomic E-state index is 13.0. The van der Waals surface area contributed by atoms with E-state index in [0.717, 1.165) is 25.9 Å². The van der Waals surface area contributed by atoms with Gasteiger partial charge in [0.2, 0.25) is 10.0 Å². The fraction of sp³-hybridized carbons (Fsp3) is 0.588. The molecule has 1 atom stereocenters.